The van der Waals surface area contributed by atoms with E-state index in [1.54, 1.807) is 40.2 Å². The molecule has 0 aliphatic heterocycles. The maximum absolute atomic E-state index is 13.3. The van der Waals surface area contributed by atoms with Gasteiger partial charge in [0.15, 0.2) is 0 Å². The number of rotatable bonds is 7. The Balaban J connectivity index is 2.11. The fraction of sp³-hybridized carbons (Fsp3) is 0.381. The second-order valence-corrected chi connectivity index (χ2v) is 8.05. The first-order valence-corrected chi connectivity index (χ1v) is 10.2. The first-order chi connectivity index (χ1) is 13.3. The van der Waals surface area contributed by atoms with Crippen LogP contribution in [0.4, 0.5) is 0 Å². The topological polar surface area (TPSA) is 75.4 Å². The van der Waals surface area contributed by atoms with Crippen LogP contribution in [0.3, 0.4) is 0 Å². The predicted molar refractivity (Wildman–Crippen MR) is 112 cm³/mol. The van der Waals surface area contributed by atoms with Gasteiger partial charge >= 0.3 is 5.97 Å². The molecule has 0 atom stereocenters. The summed E-state index contributed by atoms with van der Waals surface area (Å²) >= 11 is 1.56. The summed E-state index contributed by atoms with van der Waals surface area (Å²) in [4.78, 5) is 33.4. The lowest BCUT2D eigenvalue weighted by Crippen LogP contribution is -2.31. The number of fused-ring (bicyclic) bond motifs is 1. The van der Waals surface area contributed by atoms with Crippen molar-refractivity contribution in [2.75, 3.05) is 13.1 Å². The molecule has 0 spiro atoms. The Hall–Kier alpha value is -2.51. The lowest BCUT2D eigenvalue weighted by Gasteiger charge is -2.20. The van der Waals surface area contributed by atoms with Gasteiger partial charge in [-0.1, -0.05) is 26.0 Å². The number of benzene rings is 1. The number of carbonyl (C=O) groups is 1. The van der Waals surface area contributed by atoms with Crippen molar-refractivity contribution >= 4 is 27.5 Å². The summed E-state index contributed by atoms with van der Waals surface area (Å²) in [7, 11) is 0. The van der Waals surface area contributed by atoms with Crippen LogP contribution in [0.2, 0.25) is 0 Å². The van der Waals surface area contributed by atoms with E-state index in [1.165, 1.54) is 0 Å². The number of hydrogen-bond donors (Lipinski definition) is 1. The predicted octanol–water partition coefficient (Wildman–Crippen LogP) is 3.66. The molecule has 28 heavy (non-hydrogen) atoms. The molecular formula is C21H25N3O3S. The van der Waals surface area contributed by atoms with Gasteiger partial charge in [-0.25, -0.2) is 9.78 Å². The van der Waals surface area contributed by atoms with Crippen LogP contribution in [-0.2, 0) is 13.1 Å². The molecule has 0 aliphatic rings. The van der Waals surface area contributed by atoms with Gasteiger partial charge in [0, 0.05) is 4.88 Å². The number of carboxylic acid groups (broad SMARTS) is 1. The average molecular weight is 400 g/mol. The molecule has 3 rings (SSSR count). The third kappa shape index (κ3) is 3.86. The number of hydrogen-bond acceptors (Lipinski definition) is 5. The van der Waals surface area contributed by atoms with Crippen molar-refractivity contribution in [1.29, 1.82) is 0 Å². The Labute approximate surface area is 168 Å². The van der Waals surface area contributed by atoms with Crippen molar-refractivity contribution in [2.24, 2.45) is 0 Å². The van der Waals surface area contributed by atoms with Gasteiger partial charge in [0.1, 0.15) is 10.7 Å². The van der Waals surface area contributed by atoms with Crippen molar-refractivity contribution in [3.63, 3.8) is 0 Å². The zero-order valence-corrected chi connectivity index (χ0v) is 17.5. The van der Waals surface area contributed by atoms with Gasteiger partial charge in [-0.15, -0.1) is 11.3 Å². The van der Waals surface area contributed by atoms with E-state index in [-0.39, 0.29) is 11.1 Å². The number of aromatic carboxylic acids is 1. The van der Waals surface area contributed by atoms with Gasteiger partial charge in [0.2, 0.25) is 0 Å². The van der Waals surface area contributed by atoms with Gasteiger partial charge in [-0.05, 0) is 50.2 Å². The maximum atomic E-state index is 13.3. The first kappa shape index (κ1) is 20.2. The molecule has 0 bridgehead atoms. The van der Waals surface area contributed by atoms with Gasteiger partial charge in [0.25, 0.3) is 5.56 Å². The van der Waals surface area contributed by atoms with Crippen molar-refractivity contribution in [3.05, 3.63) is 62.0 Å². The Morgan fingerprint density at radius 3 is 2.39 bits per heavy atom. The van der Waals surface area contributed by atoms with Crippen LogP contribution in [0.5, 0.6) is 0 Å². The molecule has 7 heteroatoms. The molecule has 6 nitrogen and oxygen atoms in total. The number of nitrogens with zero attached hydrogens (tertiary/aromatic N) is 3. The van der Waals surface area contributed by atoms with Gasteiger partial charge in [0.05, 0.1) is 24.0 Å². The maximum Gasteiger partial charge on any atom is 0.335 e. The van der Waals surface area contributed by atoms with Crippen molar-refractivity contribution < 1.29 is 9.90 Å². The third-order valence-electron chi connectivity index (χ3n) is 5.17. The molecule has 2 aromatic heterocycles. The molecule has 0 fully saturated rings. The van der Waals surface area contributed by atoms with Crippen LogP contribution in [-0.4, -0.2) is 38.6 Å². The molecule has 1 aromatic carbocycles. The summed E-state index contributed by atoms with van der Waals surface area (Å²) in [6.45, 7) is 10.9. The minimum Gasteiger partial charge on any atom is -0.478 e. The van der Waals surface area contributed by atoms with Crippen LogP contribution in [0.15, 0.2) is 29.1 Å². The normalized spacial score (nSPS) is 11.5. The average Bonchev–Trinajstić information content (AvgIpc) is 2.96. The van der Waals surface area contributed by atoms with Crippen molar-refractivity contribution in [3.8, 4) is 0 Å². The molecule has 0 saturated heterocycles. The highest BCUT2D eigenvalue weighted by atomic mass is 32.1. The highest BCUT2D eigenvalue weighted by molar-refractivity contribution is 7.18. The Morgan fingerprint density at radius 1 is 1.18 bits per heavy atom. The number of thiophene rings is 1. The van der Waals surface area contributed by atoms with Crippen LogP contribution in [0.1, 0.15) is 46.0 Å². The number of aryl methyl sites for hydroxylation is 2. The fourth-order valence-electron chi connectivity index (χ4n) is 3.24. The van der Waals surface area contributed by atoms with E-state index in [0.29, 0.717) is 18.5 Å². The first-order valence-electron chi connectivity index (χ1n) is 9.39. The van der Waals surface area contributed by atoms with E-state index in [0.717, 1.165) is 39.7 Å². The molecule has 0 aliphatic carbocycles. The highest BCUT2D eigenvalue weighted by Crippen LogP contribution is 2.26. The SMILES string of the molecule is CCN(CC)Cc1nc2sc(C)c(C)c2c(=O)n1Cc1ccc(C(=O)O)cc1. The molecule has 3 aromatic rings. The van der Waals surface area contributed by atoms with Crippen LogP contribution >= 0.6 is 11.3 Å². The second-order valence-electron chi connectivity index (χ2n) is 6.85. The van der Waals surface area contributed by atoms with Crippen LogP contribution < -0.4 is 5.56 Å². The Bertz CT molecular complexity index is 1060. The van der Waals surface area contributed by atoms with Crippen molar-refractivity contribution in [1.82, 2.24) is 14.5 Å². The summed E-state index contributed by atoms with van der Waals surface area (Å²) < 4.78 is 1.73. The van der Waals surface area contributed by atoms with E-state index in [9.17, 15) is 9.59 Å². The van der Waals surface area contributed by atoms with Gasteiger partial charge < -0.3 is 5.11 Å². The molecular weight excluding hydrogens is 374 g/mol. The standard InChI is InChI=1S/C21H25N3O3S/c1-5-23(6-2)12-17-22-19-18(13(3)14(4)28-19)20(25)24(17)11-15-7-9-16(10-8-15)21(26)27/h7-10H,5-6,11-12H2,1-4H3,(H,26,27). The van der Waals surface area contributed by atoms with Crippen LogP contribution in [0.25, 0.3) is 10.2 Å². The molecule has 0 saturated carbocycles. The van der Waals surface area contributed by atoms with E-state index in [4.69, 9.17) is 10.1 Å². The van der Waals surface area contributed by atoms with E-state index in [2.05, 4.69) is 18.7 Å². The molecule has 2 heterocycles. The zero-order valence-electron chi connectivity index (χ0n) is 16.7. The minimum absolute atomic E-state index is 0.0312. The van der Waals surface area contributed by atoms with E-state index >= 15 is 0 Å². The van der Waals surface area contributed by atoms with Crippen molar-refractivity contribution in [2.45, 2.75) is 40.8 Å². The Kier molecular flexibility index (Phi) is 5.96. The summed E-state index contributed by atoms with van der Waals surface area (Å²) in [6.07, 6.45) is 0. The molecule has 1 N–H and O–H groups in total. The lowest BCUT2D eigenvalue weighted by molar-refractivity contribution is 0.0697. The van der Waals surface area contributed by atoms with Crippen LogP contribution in [0, 0.1) is 13.8 Å². The molecule has 148 valence electrons. The quantitative estimate of drug-likeness (QED) is 0.656. The summed E-state index contributed by atoms with van der Waals surface area (Å²) in [5, 5.41) is 9.78. The van der Waals surface area contributed by atoms with E-state index in [1.807, 2.05) is 13.8 Å². The number of aromatic nitrogens is 2. The lowest BCUT2D eigenvalue weighted by atomic mass is 10.1. The van der Waals surface area contributed by atoms with E-state index < -0.39 is 5.97 Å². The monoisotopic (exact) mass is 399 g/mol. The minimum atomic E-state index is -0.960. The summed E-state index contributed by atoms with van der Waals surface area (Å²) in [6, 6.07) is 6.65. The number of carboxylic acids is 1. The molecule has 0 radical (unpaired) electrons. The largest absolute Gasteiger partial charge is 0.478 e. The van der Waals surface area contributed by atoms with Gasteiger partial charge in [-0.2, -0.15) is 0 Å². The Morgan fingerprint density at radius 2 is 1.82 bits per heavy atom. The summed E-state index contributed by atoms with van der Waals surface area (Å²) in [5.74, 6) is -0.219. The molecule has 0 amide bonds. The summed E-state index contributed by atoms with van der Waals surface area (Å²) in [5.41, 5.74) is 2.06. The fourth-order valence-corrected chi connectivity index (χ4v) is 4.27. The highest BCUT2D eigenvalue weighted by Gasteiger charge is 2.18. The van der Waals surface area contributed by atoms with Gasteiger partial charge in [-0.3, -0.25) is 14.3 Å². The third-order valence-corrected chi connectivity index (χ3v) is 6.27. The second kappa shape index (κ2) is 8.24. The smallest absolute Gasteiger partial charge is 0.335 e. The molecule has 0 unspecified atom stereocenters. The zero-order chi connectivity index (χ0) is 20.4.